The Balaban J connectivity index is 1.87. The van der Waals surface area contributed by atoms with Crippen molar-refractivity contribution in [3.63, 3.8) is 0 Å². The molecular formula is C14H18ClNO3S. The maximum absolute atomic E-state index is 12.2. The minimum atomic E-state index is -0.0239. The molecular weight excluding hydrogens is 298 g/mol. The van der Waals surface area contributed by atoms with Crippen LogP contribution in [-0.4, -0.2) is 41.9 Å². The van der Waals surface area contributed by atoms with Crippen LogP contribution >= 0.6 is 22.9 Å². The number of thiophene rings is 1. The van der Waals surface area contributed by atoms with Gasteiger partial charge in [-0.05, 0) is 26.0 Å². The first-order chi connectivity index (χ1) is 9.47. The fourth-order valence-electron chi connectivity index (χ4n) is 2.20. The van der Waals surface area contributed by atoms with Crippen molar-refractivity contribution in [1.82, 2.24) is 4.90 Å². The van der Waals surface area contributed by atoms with Gasteiger partial charge in [0, 0.05) is 19.4 Å². The molecule has 4 nitrogen and oxygen atoms in total. The molecule has 1 fully saturated rings. The van der Waals surface area contributed by atoms with Crippen LogP contribution in [0.4, 0.5) is 0 Å². The number of carbonyl (C=O) groups excluding carboxylic acids is 2. The molecule has 2 unspecified atom stereocenters. The second-order valence-electron chi connectivity index (χ2n) is 5.07. The quantitative estimate of drug-likeness (QED) is 0.802. The maximum Gasteiger partial charge on any atom is 0.223 e. The van der Waals surface area contributed by atoms with Crippen molar-refractivity contribution < 1.29 is 14.3 Å². The summed E-state index contributed by atoms with van der Waals surface area (Å²) >= 11 is 7.06. The summed E-state index contributed by atoms with van der Waals surface area (Å²) in [4.78, 5) is 26.6. The highest BCUT2D eigenvalue weighted by Gasteiger charge is 2.27. The van der Waals surface area contributed by atoms with Crippen LogP contribution < -0.4 is 0 Å². The lowest BCUT2D eigenvalue weighted by molar-refractivity contribution is -0.143. The summed E-state index contributed by atoms with van der Waals surface area (Å²) < 4.78 is 6.09. The minimum Gasteiger partial charge on any atom is -0.375 e. The number of ketones is 1. The number of hydrogen-bond donors (Lipinski definition) is 0. The van der Waals surface area contributed by atoms with E-state index in [9.17, 15) is 9.59 Å². The van der Waals surface area contributed by atoms with E-state index in [0.29, 0.717) is 22.4 Å². The summed E-state index contributed by atoms with van der Waals surface area (Å²) in [5, 5.41) is 0. The summed E-state index contributed by atoms with van der Waals surface area (Å²) in [5.41, 5.74) is 0. The Morgan fingerprint density at radius 1 is 1.40 bits per heavy atom. The van der Waals surface area contributed by atoms with Gasteiger partial charge in [-0.25, -0.2) is 0 Å². The molecule has 6 heteroatoms. The smallest absolute Gasteiger partial charge is 0.223 e. The van der Waals surface area contributed by atoms with Crippen LogP contribution in [0.1, 0.15) is 36.4 Å². The van der Waals surface area contributed by atoms with Crippen LogP contribution in [0.2, 0.25) is 4.34 Å². The van der Waals surface area contributed by atoms with Gasteiger partial charge in [-0.2, -0.15) is 0 Å². The molecule has 110 valence electrons. The number of hydrogen-bond acceptors (Lipinski definition) is 4. The summed E-state index contributed by atoms with van der Waals surface area (Å²) in [6.07, 6.45) is 0.529. The van der Waals surface area contributed by atoms with Crippen LogP contribution in [0.15, 0.2) is 12.1 Å². The van der Waals surface area contributed by atoms with E-state index >= 15 is 0 Å². The molecule has 1 amide bonds. The average molecular weight is 316 g/mol. The predicted molar refractivity (Wildman–Crippen MR) is 79.5 cm³/mol. The molecule has 2 heterocycles. The second kappa shape index (κ2) is 6.70. The zero-order valence-corrected chi connectivity index (χ0v) is 13.2. The molecule has 0 N–H and O–H groups in total. The Kier molecular flexibility index (Phi) is 5.18. The fraction of sp³-hybridized carbons (Fsp3) is 0.571. The standard InChI is InChI=1S/C14H18ClNO3S/c1-9-8-19-10(2)7-16(9)14(18)6-3-11(17)12-4-5-13(15)20-12/h4-5,9-10H,3,6-8H2,1-2H3. The van der Waals surface area contributed by atoms with Crippen molar-refractivity contribution in [1.29, 1.82) is 0 Å². The Labute approximate surface area is 127 Å². The van der Waals surface area contributed by atoms with Crippen molar-refractivity contribution in [3.05, 3.63) is 21.3 Å². The lowest BCUT2D eigenvalue weighted by atomic mass is 10.1. The van der Waals surface area contributed by atoms with Crippen LogP contribution in [0.3, 0.4) is 0 Å². The number of carbonyl (C=O) groups is 2. The fourth-order valence-corrected chi connectivity index (χ4v) is 3.21. The molecule has 1 aliphatic heterocycles. The van der Waals surface area contributed by atoms with Crippen LogP contribution in [0.25, 0.3) is 0 Å². The third kappa shape index (κ3) is 3.81. The Hall–Kier alpha value is -0.910. The predicted octanol–water partition coefficient (Wildman–Crippen LogP) is 3.00. The number of Topliss-reactive ketones (excluding diaryl/α,β-unsaturated/α-hetero) is 1. The van der Waals surface area contributed by atoms with Crippen molar-refractivity contribution in [2.75, 3.05) is 13.2 Å². The van der Waals surface area contributed by atoms with E-state index in [-0.39, 0.29) is 36.7 Å². The molecule has 1 saturated heterocycles. The first kappa shape index (κ1) is 15.5. The molecule has 2 atom stereocenters. The van der Waals surface area contributed by atoms with Gasteiger partial charge in [0.15, 0.2) is 5.78 Å². The molecule has 1 aromatic heterocycles. The lowest BCUT2D eigenvalue weighted by Gasteiger charge is -2.36. The highest BCUT2D eigenvalue weighted by atomic mass is 35.5. The number of amides is 1. The van der Waals surface area contributed by atoms with Gasteiger partial charge in [0.2, 0.25) is 5.91 Å². The molecule has 0 bridgehead atoms. The van der Waals surface area contributed by atoms with Gasteiger partial charge in [0.05, 0.1) is 28.0 Å². The van der Waals surface area contributed by atoms with Crippen LogP contribution in [0.5, 0.6) is 0 Å². The summed E-state index contributed by atoms with van der Waals surface area (Å²) in [6.45, 7) is 5.07. The van der Waals surface area contributed by atoms with Gasteiger partial charge in [-0.3, -0.25) is 9.59 Å². The van der Waals surface area contributed by atoms with Crippen molar-refractivity contribution in [2.45, 2.75) is 38.8 Å². The van der Waals surface area contributed by atoms with Gasteiger partial charge in [-0.15, -0.1) is 11.3 Å². The van der Waals surface area contributed by atoms with Crippen molar-refractivity contribution in [3.8, 4) is 0 Å². The molecule has 0 spiro atoms. The molecule has 1 aliphatic rings. The number of ether oxygens (including phenoxy) is 1. The van der Waals surface area contributed by atoms with E-state index in [1.165, 1.54) is 11.3 Å². The van der Waals surface area contributed by atoms with E-state index in [2.05, 4.69) is 0 Å². The van der Waals surface area contributed by atoms with E-state index in [4.69, 9.17) is 16.3 Å². The lowest BCUT2D eigenvalue weighted by Crippen LogP contribution is -2.50. The van der Waals surface area contributed by atoms with Crippen molar-refractivity contribution in [2.24, 2.45) is 0 Å². The van der Waals surface area contributed by atoms with Crippen LogP contribution in [-0.2, 0) is 9.53 Å². The first-order valence-corrected chi connectivity index (χ1v) is 7.86. The van der Waals surface area contributed by atoms with E-state index in [1.807, 2.05) is 18.7 Å². The summed E-state index contributed by atoms with van der Waals surface area (Å²) in [7, 11) is 0. The average Bonchev–Trinajstić information content (AvgIpc) is 2.85. The topological polar surface area (TPSA) is 46.6 Å². The Morgan fingerprint density at radius 2 is 2.15 bits per heavy atom. The number of halogens is 1. The number of morpholine rings is 1. The Bertz CT molecular complexity index is 502. The number of rotatable bonds is 4. The zero-order valence-electron chi connectivity index (χ0n) is 11.6. The molecule has 0 aromatic carbocycles. The first-order valence-electron chi connectivity index (χ1n) is 6.67. The van der Waals surface area contributed by atoms with Gasteiger partial charge < -0.3 is 9.64 Å². The Morgan fingerprint density at radius 3 is 2.80 bits per heavy atom. The minimum absolute atomic E-state index is 0.0173. The molecule has 1 aromatic rings. The van der Waals surface area contributed by atoms with E-state index in [0.717, 1.165) is 0 Å². The van der Waals surface area contributed by atoms with Gasteiger partial charge >= 0.3 is 0 Å². The van der Waals surface area contributed by atoms with Gasteiger partial charge in [0.25, 0.3) is 0 Å². The largest absolute Gasteiger partial charge is 0.375 e. The molecule has 0 aliphatic carbocycles. The SMILES string of the molecule is CC1CN(C(=O)CCC(=O)c2ccc(Cl)s2)C(C)CO1. The summed E-state index contributed by atoms with van der Waals surface area (Å²) in [6, 6.07) is 3.48. The highest BCUT2D eigenvalue weighted by molar-refractivity contribution is 7.18. The molecule has 0 radical (unpaired) electrons. The molecule has 0 saturated carbocycles. The zero-order chi connectivity index (χ0) is 14.7. The normalized spacial score (nSPS) is 22.9. The molecule has 2 rings (SSSR count). The van der Waals surface area contributed by atoms with Crippen LogP contribution in [0, 0.1) is 0 Å². The van der Waals surface area contributed by atoms with Gasteiger partial charge in [-0.1, -0.05) is 11.6 Å². The van der Waals surface area contributed by atoms with Gasteiger partial charge in [0.1, 0.15) is 0 Å². The van der Waals surface area contributed by atoms with E-state index in [1.54, 1.807) is 12.1 Å². The summed E-state index contributed by atoms with van der Waals surface area (Å²) in [5.74, 6) is -0.00661. The van der Waals surface area contributed by atoms with E-state index < -0.39 is 0 Å². The number of nitrogens with zero attached hydrogens (tertiary/aromatic N) is 1. The highest BCUT2D eigenvalue weighted by Crippen LogP contribution is 2.23. The van der Waals surface area contributed by atoms with Crippen molar-refractivity contribution >= 4 is 34.6 Å². The third-order valence-electron chi connectivity index (χ3n) is 3.34. The third-order valence-corrected chi connectivity index (χ3v) is 4.61. The molecule has 20 heavy (non-hydrogen) atoms. The monoisotopic (exact) mass is 315 g/mol. The maximum atomic E-state index is 12.2. The second-order valence-corrected chi connectivity index (χ2v) is 6.78.